The highest BCUT2D eigenvalue weighted by molar-refractivity contribution is 5.66. The van der Waals surface area contributed by atoms with E-state index in [1.165, 1.54) is 24.3 Å². The van der Waals surface area contributed by atoms with Crippen molar-refractivity contribution < 1.29 is 13.9 Å². The van der Waals surface area contributed by atoms with Crippen LogP contribution in [0.2, 0.25) is 0 Å². The lowest BCUT2D eigenvalue weighted by molar-refractivity contribution is 0.199. The predicted octanol–water partition coefficient (Wildman–Crippen LogP) is 3.79. The van der Waals surface area contributed by atoms with Gasteiger partial charge in [0.25, 0.3) is 0 Å². The molecule has 2 rings (SSSR count). The molecule has 2 aromatic rings. The van der Waals surface area contributed by atoms with Gasteiger partial charge in [-0.05, 0) is 37.3 Å². The van der Waals surface area contributed by atoms with Crippen molar-refractivity contribution in [3.63, 3.8) is 0 Å². The fourth-order valence-corrected chi connectivity index (χ4v) is 2.02. The first-order chi connectivity index (χ1) is 9.00. The van der Waals surface area contributed by atoms with Crippen LogP contribution in [0.4, 0.5) is 20.2 Å². The van der Waals surface area contributed by atoms with Crippen LogP contribution in [0.1, 0.15) is 18.6 Å². The summed E-state index contributed by atoms with van der Waals surface area (Å²) in [5.41, 5.74) is 1.36. The molecule has 0 saturated heterocycles. The summed E-state index contributed by atoms with van der Waals surface area (Å²) in [4.78, 5) is 1.59. The van der Waals surface area contributed by atoms with Crippen molar-refractivity contribution in [1.82, 2.24) is 0 Å². The molecule has 0 saturated carbocycles. The number of anilines is 2. The maximum Gasteiger partial charge on any atom is 0.146 e. The van der Waals surface area contributed by atoms with E-state index in [9.17, 15) is 13.9 Å². The van der Waals surface area contributed by atoms with Gasteiger partial charge in [-0.15, -0.1) is 0 Å². The SMILES string of the molecule is C[C@@H](O)c1cc(F)ccc1N(C)c1ccccc1F. The maximum absolute atomic E-state index is 13.8. The molecule has 2 nitrogen and oxygen atoms in total. The number of benzene rings is 2. The summed E-state index contributed by atoms with van der Waals surface area (Å²) in [6, 6.07) is 10.4. The molecule has 0 aliphatic rings. The van der Waals surface area contributed by atoms with Gasteiger partial charge in [-0.2, -0.15) is 0 Å². The Morgan fingerprint density at radius 1 is 1.05 bits per heavy atom. The highest BCUT2D eigenvalue weighted by Crippen LogP contribution is 2.32. The van der Waals surface area contributed by atoms with Gasteiger partial charge >= 0.3 is 0 Å². The minimum Gasteiger partial charge on any atom is -0.389 e. The fourth-order valence-electron chi connectivity index (χ4n) is 2.02. The Balaban J connectivity index is 2.50. The van der Waals surface area contributed by atoms with Gasteiger partial charge < -0.3 is 10.0 Å². The summed E-state index contributed by atoms with van der Waals surface area (Å²) in [5.74, 6) is -0.799. The lowest BCUT2D eigenvalue weighted by Gasteiger charge is -2.24. The Morgan fingerprint density at radius 3 is 2.37 bits per heavy atom. The average molecular weight is 263 g/mol. The van der Waals surface area contributed by atoms with E-state index in [-0.39, 0.29) is 5.82 Å². The van der Waals surface area contributed by atoms with Crippen molar-refractivity contribution in [2.45, 2.75) is 13.0 Å². The first-order valence-corrected chi connectivity index (χ1v) is 5.96. The van der Waals surface area contributed by atoms with E-state index < -0.39 is 11.9 Å². The Hall–Kier alpha value is -1.94. The Morgan fingerprint density at radius 2 is 1.74 bits per heavy atom. The van der Waals surface area contributed by atoms with Gasteiger partial charge in [0.2, 0.25) is 0 Å². The molecule has 0 bridgehead atoms. The standard InChI is InChI=1S/C15H15F2NO/c1-10(19)12-9-11(16)7-8-14(12)18(2)15-6-4-3-5-13(15)17/h3-10,19H,1-2H3/t10-/m1/s1. The second kappa shape index (κ2) is 5.36. The van der Waals surface area contributed by atoms with Crippen molar-refractivity contribution in [3.8, 4) is 0 Å². The van der Waals surface area contributed by atoms with Crippen molar-refractivity contribution in [3.05, 3.63) is 59.7 Å². The first-order valence-electron chi connectivity index (χ1n) is 5.96. The molecule has 0 fully saturated rings. The van der Waals surface area contributed by atoms with E-state index in [0.29, 0.717) is 16.9 Å². The minimum absolute atomic E-state index is 0.370. The molecule has 0 aliphatic heterocycles. The Bertz CT molecular complexity index is 584. The monoisotopic (exact) mass is 263 g/mol. The lowest BCUT2D eigenvalue weighted by atomic mass is 10.1. The summed E-state index contributed by atoms with van der Waals surface area (Å²) in [6.07, 6.45) is -0.833. The third-order valence-corrected chi connectivity index (χ3v) is 3.01. The molecular formula is C15H15F2NO. The third kappa shape index (κ3) is 2.74. The fraction of sp³-hybridized carbons (Fsp3) is 0.200. The number of hydrogen-bond acceptors (Lipinski definition) is 2. The molecule has 0 aromatic heterocycles. The molecule has 4 heteroatoms. The topological polar surface area (TPSA) is 23.5 Å². The maximum atomic E-state index is 13.8. The Labute approximate surface area is 110 Å². The van der Waals surface area contributed by atoms with Crippen LogP contribution in [0.3, 0.4) is 0 Å². The van der Waals surface area contributed by atoms with Crippen LogP contribution in [0.5, 0.6) is 0 Å². The van der Waals surface area contributed by atoms with Crippen molar-refractivity contribution in [2.24, 2.45) is 0 Å². The van der Waals surface area contributed by atoms with Gasteiger partial charge in [-0.25, -0.2) is 8.78 Å². The zero-order valence-electron chi connectivity index (χ0n) is 10.8. The van der Waals surface area contributed by atoms with Crippen LogP contribution < -0.4 is 4.90 Å². The summed E-state index contributed by atoms with van der Waals surface area (Å²) >= 11 is 0. The molecule has 0 heterocycles. The first kappa shape index (κ1) is 13.5. The second-order valence-electron chi connectivity index (χ2n) is 4.39. The third-order valence-electron chi connectivity index (χ3n) is 3.01. The smallest absolute Gasteiger partial charge is 0.146 e. The van der Waals surface area contributed by atoms with Crippen LogP contribution in [0.15, 0.2) is 42.5 Å². The number of halogens is 2. The van der Waals surface area contributed by atoms with E-state index in [0.717, 1.165) is 0 Å². The van der Waals surface area contributed by atoms with Gasteiger partial charge in [-0.3, -0.25) is 0 Å². The van der Waals surface area contributed by atoms with Gasteiger partial charge in [0.1, 0.15) is 11.6 Å². The molecule has 1 atom stereocenters. The summed E-state index contributed by atoms with van der Waals surface area (Å²) in [7, 11) is 1.68. The quantitative estimate of drug-likeness (QED) is 0.910. The van der Waals surface area contributed by atoms with E-state index in [1.54, 1.807) is 37.1 Å². The van der Waals surface area contributed by atoms with Crippen LogP contribution in [-0.4, -0.2) is 12.2 Å². The lowest BCUT2D eigenvalue weighted by Crippen LogP contribution is -2.14. The molecule has 0 radical (unpaired) electrons. The second-order valence-corrected chi connectivity index (χ2v) is 4.39. The van der Waals surface area contributed by atoms with Crippen LogP contribution in [0.25, 0.3) is 0 Å². The van der Waals surface area contributed by atoms with Crippen LogP contribution in [0, 0.1) is 11.6 Å². The summed E-state index contributed by atoms with van der Waals surface area (Å²) in [6.45, 7) is 1.55. The molecule has 0 unspecified atom stereocenters. The van der Waals surface area contributed by atoms with Crippen molar-refractivity contribution in [1.29, 1.82) is 0 Å². The number of rotatable bonds is 3. The minimum atomic E-state index is -0.833. The zero-order valence-corrected chi connectivity index (χ0v) is 10.8. The molecule has 100 valence electrons. The summed E-state index contributed by atoms with van der Waals surface area (Å²) in [5, 5.41) is 9.71. The molecule has 2 aromatic carbocycles. The zero-order chi connectivity index (χ0) is 14.0. The van der Waals surface area contributed by atoms with Gasteiger partial charge in [-0.1, -0.05) is 12.1 Å². The van der Waals surface area contributed by atoms with Crippen LogP contribution >= 0.6 is 0 Å². The highest BCUT2D eigenvalue weighted by atomic mass is 19.1. The molecule has 19 heavy (non-hydrogen) atoms. The molecule has 0 spiro atoms. The van der Waals surface area contributed by atoms with Crippen molar-refractivity contribution >= 4 is 11.4 Å². The normalized spacial score (nSPS) is 12.3. The largest absolute Gasteiger partial charge is 0.389 e. The van der Waals surface area contributed by atoms with E-state index in [1.807, 2.05) is 0 Å². The average Bonchev–Trinajstić information content (AvgIpc) is 2.38. The number of nitrogens with zero attached hydrogens (tertiary/aromatic N) is 1. The van der Waals surface area contributed by atoms with Crippen LogP contribution in [-0.2, 0) is 0 Å². The number of hydrogen-bond donors (Lipinski definition) is 1. The van der Waals surface area contributed by atoms with E-state index >= 15 is 0 Å². The van der Waals surface area contributed by atoms with Crippen molar-refractivity contribution in [2.75, 3.05) is 11.9 Å². The number of para-hydroxylation sites is 1. The molecule has 0 aliphatic carbocycles. The number of aliphatic hydroxyl groups is 1. The van der Waals surface area contributed by atoms with Gasteiger partial charge in [0.15, 0.2) is 0 Å². The Kier molecular flexibility index (Phi) is 3.81. The van der Waals surface area contributed by atoms with Gasteiger partial charge in [0.05, 0.1) is 11.8 Å². The predicted molar refractivity (Wildman–Crippen MR) is 71.5 cm³/mol. The van der Waals surface area contributed by atoms with E-state index in [4.69, 9.17) is 0 Å². The molecular weight excluding hydrogens is 248 g/mol. The summed E-state index contributed by atoms with van der Waals surface area (Å²) < 4.78 is 27.0. The van der Waals surface area contributed by atoms with Gasteiger partial charge in [0, 0.05) is 18.3 Å². The molecule has 1 N–H and O–H groups in total. The molecule has 0 amide bonds. The van der Waals surface area contributed by atoms with E-state index in [2.05, 4.69) is 0 Å². The number of aliphatic hydroxyl groups excluding tert-OH is 1. The highest BCUT2D eigenvalue weighted by Gasteiger charge is 2.16.